The topological polar surface area (TPSA) is 56.3 Å². The quantitative estimate of drug-likeness (QED) is 0.768. The van der Waals surface area contributed by atoms with E-state index in [4.69, 9.17) is 9.47 Å². The summed E-state index contributed by atoms with van der Waals surface area (Å²) in [7, 11) is 0. The van der Waals surface area contributed by atoms with Crippen molar-refractivity contribution >= 4 is 33.1 Å². The maximum absolute atomic E-state index is 5.78. The molecule has 1 aliphatic rings. The van der Waals surface area contributed by atoms with Gasteiger partial charge in [0, 0.05) is 12.3 Å². The molecule has 0 amide bonds. The molecule has 6 heteroatoms. The Hall–Kier alpha value is -2.18. The fraction of sp³-hybridized carbons (Fsp3) is 0.294. The van der Waals surface area contributed by atoms with Crippen LogP contribution in [0.1, 0.15) is 12.8 Å². The predicted octanol–water partition coefficient (Wildman–Crippen LogP) is 3.99. The first-order chi connectivity index (χ1) is 11.4. The van der Waals surface area contributed by atoms with E-state index in [0.717, 1.165) is 46.9 Å². The summed E-state index contributed by atoms with van der Waals surface area (Å²) in [6, 6.07) is 9.93. The maximum Gasteiger partial charge on any atom is 0.142 e. The Labute approximate surface area is 138 Å². The van der Waals surface area contributed by atoms with Gasteiger partial charge in [-0.05, 0) is 48.6 Å². The first-order valence-electron chi connectivity index (χ1n) is 7.68. The number of benzene rings is 1. The minimum atomic E-state index is 0.237. The van der Waals surface area contributed by atoms with E-state index in [9.17, 15) is 0 Å². The van der Waals surface area contributed by atoms with Crippen LogP contribution >= 0.6 is 11.3 Å². The molecule has 23 heavy (non-hydrogen) atoms. The number of fused-ring (bicyclic) bond motifs is 1. The van der Waals surface area contributed by atoms with E-state index < -0.39 is 0 Å². The van der Waals surface area contributed by atoms with Crippen molar-refractivity contribution in [2.45, 2.75) is 18.9 Å². The largest absolute Gasteiger partial charge is 0.491 e. The molecule has 1 unspecified atom stereocenters. The predicted molar refractivity (Wildman–Crippen MR) is 91.6 cm³/mol. The van der Waals surface area contributed by atoms with E-state index in [-0.39, 0.29) is 6.10 Å². The van der Waals surface area contributed by atoms with Gasteiger partial charge in [0.1, 0.15) is 29.3 Å². The van der Waals surface area contributed by atoms with Crippen molar-refractivity contribution in [3.63, 3.8) is 0 Å². The second-order valence-corrected chi connectivity index (χ2v) is 6.35. The number of anilines is 2. The molecular weight excluding hydrogens is 310 g/mol. The van der Waals surface area contributed by atoms with Gasteiger partial charge in [-0.25, -0.2) is 9.97 Å². The first kappa shape index (κ1) is 14.4. The Balaban J connectivity index is 1.42. The second kappa shape index (κ2) is 6.52. The van der Waals surface area contributed by atoms with Crippen molar-refractivity contribution in [3.8, 4) is 5.75 Å². The molecule has 1 atom stereocenters. The van der Waals surface area contributed by atoms with Gasteiger partial charge in [0.05, 0.1) is 11.5 Å². The van der Waals surface area contributed by atoms with E-state index in [1.807, 2.05) is 35.7 Å². The fourth-order valence-electron chi connectivity index (χ4n) is 2.63. The van der Waals surface area contributed by atoms with Gasteiger partial charge in [0.2, 0.25) is 0 Å². The molecule has 1 aliphatic heterocycles. The smallest absolute Gasteiger partial charge is 0.142 e. The molecule has 3 aromatic rings. The van der Waals surface area contributed by atoms with E-state index in [1.165, 1.54) is 0 Å². The van der Waals surface area contributed by atoms with Crippen LogP contribution in [0.5, 0.6) is 5.75 Å². The molecule has 0 saturated carbocycles. The van der Waals surface area contributed by atoms with Crippen LogP contribution in [0.25, 0.3) is 10.2 Å². The normalized spacial score (nSPS) is 17.5. The Morgan fingerprint density at radius 2 is 2.13 bits per heavy atom. The Kier molecular flexibility index (Phi) is 4.08. The molecule has 1 N–H and O–H groups in total. The summed E-state index contributed by atoms with van der Waals surface area (Å²) in [5.41, 5.74) is 0.973. The molecule has 0 spiro atoms. The van der Waals surface area contributed by atoms with Crippen molar-refractivity contribution < 1.29 is 9.47 Å². The van der Waals surface area contributed by atoms with Crippen LogP contribution in [-0.2, 0) is 4.74 Å². The second-order valence-electron chi connectivity index (χ2n) is 5.46. The number of nitrogens with zero attached hydrogens (tertiary/aromatic N) is 2. The summed E-state index contributed by atoms with van der Waals surface area (Å²) in [5.74, 6) is 1.68. The van der Waals surface area contributed by atoms with Crippen LogP contribution in [0.3, 0.4) is 0 Å². The monoisotopic (exact) mass is 327 g/mol. The van der Waals surface area contributed by atoms with E-state index >= 15 is 0 Å². The number of ether oxygens (including phenoxy) is 2. The van der Waals surface area contributed by atoms with Crippen LogP contribution in [0.2, 0.25) is 0 Å². The summed E-state index contributed by atoms with van der Waals surface area (Å²) < 4.78 is 11.3. The zero-order valence-electron chi connectivity index (χ0n) is 12.6. The van der Waals surface area contributed by atoms with Crippen LogP contribution in [0.4, 0.5) is 11.5 Å². The van der Waals surface area contributed by atoms with Crippen LogP contribution in [0, 0.1) is 0 Å². The van der Waals surface area contributed by atoms with E-state index in [2.05, 4.69) is 15.3 Å². The lowest BCUT2D eigenvalue weighted by molar-refractivity contribution is 0.0679. The molecule has 1 aromatic carbocycles. The summed E-state index contributed by atoms with van der Waals surface area (Å²) in [5, 5.41) is 6.39. The highest BCUT2D eigenvalue weighted by Crippen LogP contribution is 2.27. The van der Waals surface area contributed by atoms with Gasteiger partial charge in [0.15, 0.2) is 0 Å². The SMILES string of the molecule is c1nc(Nc2ccc(OCC3CCCO3)cc2)c2ccsc2n1. The summed E-state index contributed by atoms with van der Waals surface area (Å²) in [6.07, 6.45) is 4.04. The lowest BCUT2D eigenvalue weighted by atomic mass is 10.2. The van der Waals surface area contributed by atoms with Gasteiger partial charge < -0.3 is 14.8 Å². The molecule has 118 valence electrons. The zero-order chi connectivity index (χ0) is 15.5. The fourth-order valence-corrected chi connectivity index (χ4v) is 3.36. The highest BCUT2D eigenvalue weighted by atomic mass is 32.1. The Morgan fingerprint density at radius 3 is 2.96 bits per heavy atom. The van der Waals surface area contributed by atoms with Gasteiger partial charge in [-0.15, -0.1) is 11.3 Å². The first-order valence-corrected chi connectivity index (χ1v) is 8.56. The number of hydrogen-bond donors (Lipinski definition) is 1. The highest BCUT2D eigenvalue weighted by Gasteiger charge is 2.15. The van der Waals surface area contributed by atoms with Crippen molar-refractivity contribution in [1.82, 2.24) is 9.97 Å². The Morgan fingerprint density at radius 1 is 1.22 bits per heavy atom. The van der Waals surface area contributed by atoms with Gasteiger partial charge in [-0.3, -0.25) is 0 Å². The summed E-state index contributed by atoms with van der Waals surface area (Å²) in [6.45, 7) is 1.47. The molecule has 0 bridgehead atoms. The summed E-state index contributed by atoms with van der Waals surface area (Å²) >= 11 is 1.61. The molecule has 1 saturated heterocycles. The number of thiophene rings is 1. The van der Waals surface area contributed by atoms with Crippen LogP contribution in [0.15, 0.2) is 42.0 Å². The molecule has 5 nitrogen and oxygen atoms in total. The average Bonchev–Trinajstić information content (AvgIpc) is 3.26. The standard InChI is InChI=1S/C17H17N3O2S/c1-2-14(21-8-1)10-22-13-5-3-12(4-6-13)20-16-15-7-9-23-17(15)19-11-18-16/h3-7,9,11,14H,1-2,8,10H2,(H,18,19,20). The number of nitrogens with one attached hydrogen (secondary N) is 1. The minimum Gasteiger partial charge on any atom is -0.491 e. The van der Waals surface area contributed by atoms with Crippen molar-refractivity contribution in [3.05, 3.63) is 42.0 Å². The number of hydrogen-bond acceptors (Lipinski definition) is 6. The minimum absolute atomic E-state index is 0.237. The zero-order valence-corrected chi connectivity index (χ0v) is 13.4. The lowest BCUT2D eigenvalue weighted by Gasteiger charge is -2.12. The van der Waals surface area contributed by atoms with E-state index in [1.54, 1.807) is 17.7 Å². The third-order valence-electron chi connectivity index (χ3n) is 3.84. The van der Waals surface area contributed by atoms with E-state index in [0.29, 0.717) is 6.61 Å². The lowest BCUT2D eigenvalue weighted by Crippen LogP contribution is -2.16. The molecule has 2 aromatic heterocycles. The third kappa shape index (κ3) is 3.28. The third-order valence-corrected chi connectivity index (χ3v) is 4.66. The van der Waals surface area contributed by atoms with Gasteiger partial charge in [-0.2, -0.15) is 0 Å². The molecule has 0 aliphatic carbocycles. The van der Waals surface area contributed by atoms with Crippen LogP contribution < -0.4 is 10.1 Å². The highest BCUT2D eigenvalue weighted by molar-refractivity contribution is 7.16. The molecule has 1 fully saturated rings. The maximum atomic E-state index is 5.78. The van der Waals surface area contributed by atoms with Crippen molar-refractivity contribution in [2.24, 2.45) is 0 Å². The molecule has 3 heterocycles. The van der Waals surface area contributed by atoms with Gasteiger partial charge in [0.25, 0.3) is 0 Å². The van der Waals surface area contributed by atoms with Gasteiger partial charge in [-0.1, -0.05) is 0 Å². The molecule has 4 rings (SSSR count). The number of aromatic nitrogens is 2. The molecular formula is C17H17N3O2S. The summed E-state index contributed by atoms with van der Waals surface area (Å²) in [4.78, 5) is 9.56. The van der Waals surface area contributed by atoms with Crippen LogP contribution in [-0.4, -0.2) is 29.3 Å². The molecule has 0 radical (unpaired) electrons. The van der Waals surface area contributed by atoms with Gasteiger partial charge >= 0.3 is 0 Å². The average molecular weight is 327 g/mol. The van der Waals surface area contributed by atoms with Crippen molar-refractivity contribution in [2.75, 3.05) is 18.5 Å². The Bertz CT molecular complexity index is 782. The number of rotatable bonds is 5. The van der Waals surface area contributed by atoms with Crippen molar-refractivity contribution in [1.29, 1.82) is 0 Å².